The van der Waals surface area contributed by atoms with Gasteiger partial charge in [-0.15, -0.1) is 0 Å². The van der Waals surface area contributed by atoms with Crippen LogP contribution in [0.1, 0.15) is 25.3 Å². The molecule has 19 heavy (non-hydrogen) atoms. The molecule has 3 nitrogen and oxygen atoms in total. The number of ether oxygens (including phenoxy) is 2. The number of piperidine rings is 1. The number of hydrogen-bond donors (Lipinski definition) is 1. The lowest BCUT2D eigenvalue weighted by atomic mass is 9.73. The second kappa shape index (κ2) is 5.19. The van der Waals surface area contributed by atoms with E-state index in [1.54, 1.807) is 0 Å². The van der Waals surface area contributed by atoms with Crippen molar-refractivity contribution in [3.05, 3.63) is 35.6 Å². The fraction of sp³-hybridized carbons (Fsp3) is 0.600. The second-order valence-electron chi connectivity index (χ2n) is 5.59. The summed E-state index contributed by atoms with van der Waals surface area (Å²) in [4.78, 5) is 0. The molecule has 0 aliphatic carbocycles. The van der Waals surface area contributed by atoms with E-state index in [2.05, 4.69) is 5.32 Å². The number of rotatable bonds is 3. The van der Waals surface area contributed by atoms with E-state index in [1.165, 1.54) is 12.1 Å². The van der Waals surface area contributed by atoms with E-state index >= 15 is 0 Å². The molecular weight excluding hydrogens is 245 g/mol. The number of nitrogens with one attached hydrogen (secondary N) is 1. The fourth-order valence-corrected chi connectivity index (χ4v) is 3.08. The number of halogens is 1. The Labute approximate surface area is 113 Å². The molecule has 2 aliphatic rings. The predicted octanol–water partition coefficient (Wildman–Crippen LogP) is 2.46. The highest BCUT2D eigenvalue weighted by molar-refractivity contribution is 5.18. The molecule has 2 aliphatic heterocycles. The number of hydrogen-bond acceptors (Lipinski definition) is 3. The highest BCUT2D eigenvalue weighted by atomic mass is 19.1. The molecule has 0 bridgehead atoms. The minimum absolute atomic E-state index is 0.0234. The molecule has 0 aromatic heterocycles. The van der Waals surface area contributed by atoms with Crippen LogP contribution in [0.15, 0.2) is 24.3 Å². The average Bonchev–Trinajstić information content (AvgIpc) is 2.39. The quantitative estimate of drug-likeness (QED) is 0.910. The van der Waals surface area contributed by atoms with Crippen molar-refractivity contribution in [2.24, 2.45) is 5.41 Å². The molecule has 1 aromatic carbocycles. The highest BCUT2D eigenvalue weighted by Crippen LogP contribution is 2.43. The maximum atomic E-state index is 13.0. The molecule has 0 saturated carbocycles. The largest absolute Gasteiger partial charge is 0.323 e. The van der Waals surface area contributed by atoms with Crippen LogP contribution in [0.5, 0.6) is 0 Å². The minimum Gasteiger partial charge on any atom is -0.323 e. The monoisotopic (exact) mass is 265 g/mol. The molecule has 104 valence electrons. The highest BCUT2D eigenvalue weighted by Gasteiger charge is 2.47. The predicted molar refractivity (Wildman–Crippen MR) is 70.1 cm³/mol. The Morgan fingerprint density at radius 3 is 2.42 bits per heavy atom. The summed E-state index contributed by atoms with van der Waals surface area (Å²) in [6.45, 7) is 3.89. The zero-order chi connectivity index (χ0) is 13.3. The molecule has 0 spiro atoms. The first-order valence-electron chi connectivity index (χ1n) is 6.94. The number of benzene rings is 1. The molecule has 0 unspecified atom stereocenters. The summed E-state index contributed by atoms with van der Waals surface area (Å²) in [6.07, 6.45) is 2.73. The second-order valence-corrected chi connectivity index (χ2v) is 5.59. The maximum Gasteiger partial charge on any atom is 0.169 e. The van der Waals surface area contributed by atoms with Gasteiger partial charge in [0, 0.05) is 5.41 Å². The zero-order valence-corrected chi connectivity index (χ0v) is 11.2. The average molecular weight is 265 g/mol. The summed E-state index contributed by atoms with van der Waals surface area (Å²) >= 11 is 0. The van der Waals surface area contributed by atoms with Crippen LogP contribution in [0.3, 0.4) is 0 Å². The molecule has 2 heterocycles. The van der Waals surface area contributed by atoms with E-state index in [9.17, 15) is 4.39 Å². The molecule has 0 atom stereocenters. The smallest absolute Gasteiger partial charge is 0.169 e. The summed E-state index contributed by atoms with van der Waals surface area (Å²) in [5.41, 5.74) is 1.17. The summed E-state index contributed by atoms with van der Waals surface area (Å²) in [5.74, 6) is -0.187. The third-order valence-electron chi connectivity index (χ3n) is 4.20. The first-order chi connectivity index (χ1) is 9.18. The molecule has 0 amide bonds. The first kappa shape index (κ1) is 13.0. The van der Waals surface area contributed by atoms with Crippen molar-refractivity contribution in [2.75, 3.05) is 13.1 Å². The van der Waals surface area contributed by atoms with Gasteiger partial charge in [0.15, 0.2) is 12.6 Å². The van der Waals surface area contributed by atoms with Gasteiger partial charge in [0.2, 0.25) is 0 Å². The van der Waals surface area contributed by atoms with Crippen molar-refractivity contribution in [3.8, 4) is 0 Å². The molecule has 2 saturated heterocycles. The van der Waals surface area contributed by atoms with Gasteiger partial charge in [0.05, 0.1) is 0 Å². The standard InChI is InChI=1S/C15H20FNO2/c1-11-18-14(19-11)15(6-8-17-9-7-15)10-12-2-4-13(16)5-3-12/h2-5,11,14,17H,6-10H2,1H3. The van der Waals surface area contributed by atoms with Gasteiger partial charge in [0.25, 0.3) is 0 Å². The molecule has 0 radical (unpaired) electrons. The topological polar surface area (TPSA) is 30.5 Å². The maximum absolute atomic E-state index is 13.0. The minimum atomic E-state index is -0.187. The third-order valence-corrected chi connectivity index (χ3v) is 4.20. The van der Waals surface area contributed by atoms with Crippen molar-refractivity contribution in [1.82, 2.24) is 5.32 Å². The van der Waals surface area contributed by atoms with E-state index in [-0.39, 0.29) is 23.8 Å². The van der Waals surface area contributed by atoms with Gasteiger partial charge in [-0.3, -0.25) is 0 Å². The van der Waals surface area contributed by atoms with Crippen LogP contribution in [0.4, 0.5) is 4.39 Å². The van der Waals surface area contributed by atoms with Gasteiger partial charge in [0.1, 0.15) is 5.82 Å². The lowest BCUT2D eigenvalue weighted by Crippen LogP contribution is -2.55. The molecule has 4 heteroatoms. The summed E-state index contributed by atoms with van der Waals surface area (Å²) in [5, 5.41) is 3.38. The van der Waals surface area contributed by atoms with Crippen LogP contribution in [0, 0.1) is 11.2 Å². The Balaban J connectivity index is 1.77. The van der Waals surface area contributed by atoms with Gasteiger partial charge < -0.3 is 14.8 Å². The van der Waals surface area contributed by atoms with Crippen LogP contribution in [0.2, 0.25) is 0 Å². The van der Waals surface area contributed by atoms with Crippen molar-refractivity contribution in [2.45, 2.75) is 38.8 Å². The molecule has 2 fully saturated rings. The Bertz CT molecular complexity index is 422. The van der Waals surface area contributed by atoms with Crippen molar-refractivity contribution in [1.29, 1.82) is 0 Å². The van der Waals surface area contributed by atoms with Crippen molar-refractivity contribution < 1.29 is 13.9 Å². The van der Waals surface area contributed by atoms with E-state index < -0.39 is 0 Å². The van der Waals surface area contributed by atoms with Crippen LogP contribution in [-0.2, 0) is 15.9 Å². The summed E-state index contributed by atoms with van der Waals surface area (Å²) < 4.78 is 24.5. The van der Waals surface area contributed by atoms with Crippen molar-refractivity contribution in [3.63, 3.8) is 0 Å². The normalized spacial score (nSPS) is 29.8. The van der Waals surface area contributed by atoms with Crippen LogP contribution in [-0.4, -0.2) is 25.7 Å². The molecular formula is C15H20FNO2. The Morgan fingerprint density at radius 1 is 1.21 bits per heavy atom. The van der Waals surface area contributed by atoms with Gasteiger partial charge in [-0.2, -0.15) is 0 Å². The van der Waals surface area contributed by atoms with Crippen LogP contribution in [0.25, 0.3) is 0 Å². The van der Waals surface area contributed by atoms with Gasteiger partial charge in [-0.25, -0.2) is 4.39 Å². The van der Waals surface area contributed by atoms with E-state index in [4.69, 9.17) is 9.47 Å². The SMILES string of the molecule is CC1OC(C2(Cc3ccc(F)cc3)CCNCC2)O1. The third kappa shape index (κ3) is 2.66. The fourth-order valence-electron chi connectivity index (χ4n) is 3.08. The lowest BCUT2D eigenvalue weighted by Gasteiger charge is -2.49. The van der Waals surface area contributed by atoms with Gasteiger partial charge >= 0.3 is 0 Å². The molecule has 3 rings (SSSR count). The van der Waals surface area contributed by atoms with Crippen LogP contribution < -0.4 is 5.32 Å². The summed E-state index contributed by atoms with van der Waals surface area (Å²) in [7, 11) is 0. The van der Waals surface area contributed by atoms with E-state index in [0.717, 1.165) is 37.9 Å². The zero-order valence-electron chi connectivity index (χ0n) is 11.2. The first-order valence-corrected chi connectivity index (χ1v) is 6.94. The lowest BCUT2D eigenvalue weighted by molar-refractivity contribution is -0.413. The Morgan fingerprint density at radius 2 is 1.84 bits per heavy atom. The summed E-state index contributed by atoms with van der Waals surface area (Å²) in [6, 6.07) is 6.77. The van der Waals surface area contributed by atoms with E-state index in [0.29, 0.717) is 0 Å². The molecule has 1 N–H and O–H groups in total. The molecule has 1 aromatic rings. The Kier molecular flexibility index (Phi) is 3.56. The Hall–Kier alpha value is -0.970. The van der Waals surface area contributed by atoms with E-state index in [1.807, 2.05) is 19.1 Å². The van der Waals surface area contributed by atoms with Crippen LogP contribution >= 0.6 is 0 Å². The van der Waals surface area contributed by atoms with Gasteiger partial charge in [-0.05, 0) is 57.0 Å². The van der Waals surface area contributed by atoms with Crippen molar-refractivity contribution >= 4 is 0 Å². The van der Waals surface area contributed by atoms with Gasteiger partial charge in [-0.1, -0.05) is 12.1 Å².